The van der Waals surface area contributed by atoms with E-state index >= 15 is 0 Å². The zero-order valence-electron chi connectivity index (χ0n) is 12.4. The predicted molar refractivity (Wildman–Crippen MR) is 81.9 cm³/mol. The number of ether oxygens (including phenoxy) is 1. The first kappa shape index (κ1) is 13.4. The van der Waals surface area contributed by atoms with E-state index in [9.17, 15) is 0 Å². The molecule has 0 fully saturated rings. The fraction of sp³-hybridized carbons (Fsp3) is 0.471. The third-order valence-electron chi connectivity index (χ3n) is 4.00. The Morgan fingerprint density at radius 3 is 3.05 bits per heavy atom. The van der Waals surface area contributed by atoms with Gasteiger partial charge in [0.15, 0.2) is 5.75 Å². The Labute approximate surface area is 120 Å². The number of nitrogens with zero attached hydrogens (tertiary/aromatic N) is 2. The van der Waals surface area contributed by atoms with Crippen molar-refractivity contribution in [2.24, 2.45) is 0 Å². The maximum absolute atomic E-state index is 6.01. The molecule has 0 saturated heterocycles. The van der Waals surface area contributed by atoms with Crippen molar-refractivity contribution in [1.82, 2.24) is 9.88 Å². The molecule has 3 heteroatoms. The number of pyridine rings is 1. The molecule has 1 aliphatic heterocycles. The maximum atomic E-state index is 6.01. The van der Waals surface area contributed by atoms with Gasteiger partial charge >= 0.3 is 0 Å². The minimum Gasteiger partial charge on any atom is -0.475 e. The third-order valence-corrected chi connectivity index (χ3v) is 4.00. The number of rotatable bonds is 4. The van der Waals surface area contributed by atoms with Gasteiger partial charge in [-0.25, -0.2) is 0 Å². The molecule has 0 amide bonds. The molecule has 1 aromatic carbocycles. The topological polar surface area (TPSA) is 25.4 Å². The Balaban J connectivity index is 2.00. The zero-order valence-corrected chi connectivity index (χ0v) is 12.4. The van der Waals surface area contributed by atoms with Crippen LogP contribution in [-0.4, -0.2) is 23.2 Å². The van der Waals surface area contributed by atoms with Gasteiger partial charge in [0.1, 0.15) is 12.2 Å². The molecule has 1 aromatic heterocycles. The van der Waals surface area contributed by atoms with Crippen LogP contribution >= 0.6 is 0 Å². The molecule has 2 aromatic rings. The number of hydrogen-bond donors (Lipinski definition) is 0. The van der Waals surface area contributed by atoms with Crippen molar-refractivity contribution in [3.8, 4) is 5.75 Å². The van der Waals surface area contributed by atoms with Crippen LogP contribution in [-0.2, 0) is 13.0 Å². The van der Waals surface area contributed by atoms with Gasteiger partial charge in [0.2, 0.25) is 0 Å². The quantitative estimate of drug-likeness (QED) is 0.846. The predicted octanol–water partition coefficient (Wildman–Crippen LogP) is 3.75. The molecule has 0 bridgehead atoms. The van der Waals surface area contributed by atoms with Gasteiger partial charge in [-0.3, -0.25) is 9.88 Å². The molecule has 20 heavy (non-hydrogen) atoms. The molecule has 3 nitrogen and oxygen atoms in total. The Morgan fingerprint density at radius 1 is 1.35 bits per heavy atom. The summed E-state index contributed by atoms with van der Waals surface area (Å²) in [6.45, 7) is 7.20. The lowest BCUT2D eigenvalue weighted by Gasteiger charge is -2.30. The van der Waals surface area contributed by atoms with Crippen molar-refractivity contribution >= 4 is 10.9 Å². The number of aromatic nitrogens is 1. The second-order valence-electron chi connectivity index (χ2n) is 5.46. The molecule has 0 radical (unpaired) electrons. The van der Waals surface area contributed by atoms with Gasteiger partial charge in [0, 0.05) is 30.2 Å². The smallest absolute Gasteiger partial charge is 0.152 e. The standard InChI is InChI=1S/C17H22N2O/c1-3-5-9-19-11-14-10-13(4-2)15-7-6-8-18-16(15)17(14)20-12-19/h6-8,10H,3-5,9,11-12H2,1-2H3. The number of hydrogen-bond acceptors (Lipinski definition) is 3. The molecule has 0 spiro atoms. The lowest BCUT2D eigenvalue weighted by molar-refractivity contribution is 0.0955. The highest BCUT2D eigenvalue weighted by Crippen LogP contribution is 2.34. The van der Waals surface area contributed by atoms with Gasteiger partial charge in [0.05, 0.1) is 0 Å². The Kier molecular flexibility index (Phi) is 3.88. The average Bonchev–Trinajstić information content (AvgIpc) is 2.51. The van der Waals surface area contributed by atoms with Gasteiger partial charge < -0.3 is 4.74 Å². The summed E-state index contributed by atoms with van der Waals surface area (Å²) >= 11 is 0. The number of fused-ring (bicyclic) bond motifs is 3. The molecule has 0 atom stereocenters. The van der Waals surface area contributed by atoms with E-state index in [1.165, 1.54) is 29.4 Å². The van der Waals surface area contributed by atoms with Crippen molar-refractivity contribution in [2.75, 3.05) is 13.3 Å². The minimum atomic E-state index is 0.685. The van der Waals surface area contributed by atoms with Crippen LogP contribution in [0.3, 0.4) is 0 Å². The normalized spacial score (nSPS) is 15.1. The van der Waals surface area contributed by atoms with E-state index in [4.69, 9.17) is 4.74 Å². The van der Waals surface area contributed by atoms with Gasteiger partial charge in [-0.15, -0.1) is 0 Å². The van der Waals surface area contributed by atoms with E-state index in [0.29, 0.717) is 6.73 Å². The zero-order chi connectivity index (χ0) is 13.9. The van der Waals surface area contributed by atoms with Gasteiger partial charge in [0.25, 0.3) is 0 Å². The molecule has 1 aliphatic rings. The van der Waals surface area contributed by atoms with E-state index in [2.05, 4.69) is 35.9 Å². The monoisotopic (exact) mass is 270 g/mol. The average molecular weight is 270 g/mol. The van der Waals surface area contributed by atoms with Crippen molar-refractivity contribution < 1.29 is 4.74 Å². The highest BCUT2D eigenvalue weighted by molar-refractivity contribution is 5.89. The fourth-order valence-corrected chi connectivity index (χ4v) is 2.89. The van der Waals surface area contributed by atoms with Crippen LogP contribution in [0.1, 0.15) is 37.8 Å². The molecule has 2 heterocycles. The second kappa shape index (κ2) is 5.80. The number of aryl methyl sites for hydroxylation is 1. The van der Waals surface area contributed by atoms with Crippen molar-refractivity contribution in [3.05, 3.63) is 35.5 Å². The lowest BCUT2D eigenvalue weighted by Crippen LogP contribution is -2.33. The summed E-state index contributed by atoms with van der Waals surface area (Å²) < 4.78 is 6.01. The van der Waals surface area contributed by atoms with Crippen molar-refractivity contribution in [1.29, 1.82) is 0 Å². The minimum absolute atomic E-state index is 0.685. The molecular formula is C17H22N2O. The van der Waals surface area contributed by atoms with Gasteiger partial charge in [-0.2, -0.15) is 0 Å². The first-order valence-electron chi connectivity index (χ1n) is 7.58. The second-order valence-corrected chi connectivity index (χ2v) is 5.46. The molecule has 106 valence electrons. The largest absolute Gasteiger partial charge is 0.475 e. The lowest BCUT2D eigenvalue weighted by atomic mass is 10.00. The van der Waals surface area contributed by atoms with Crippen molar-refractivity contribution in [2.45, 2.75) is 39.7 Å². The first-order valence-corrected chi connectivity index (χ1v) is 7.58. The van der Waals surface area contributed by atoms with Crippen LogP contribution in [0, 0.1) is 0 Å². The first-order chi connectivity index (χ1) is 9.83. The van der Waals surface area contributed by atoms with Crippen LogP contribution < -0.4 is 4.74 Å². The number of benzene rings is 1. The highest BCUT2D eigenvalue weighted by atomic mass is 16.5. The van der Waals surface area contributed by atoms with E-state index in [1.54, 1.807) is 0 Å². The fourth-order valence-electron chi connectivity index (χ4n) is 2.89. The SMILES string of the molecule is CCCCN1COc2c(cc(CC)c3cccnc23)C1. The van der Waals surface area contributed by atoms with E-state index < -0.39 is 0 Å². The molecule has 0 N–H and O–H groups in total. The summed E-state index contributed by atoms with van der Waals surface area (Å²) in [6.07, 6.45) is 5.34. The number of unbranched alkanes of at least 4 members (excludes halogenated alkanes) is 1. The molecule has 0 unspecified atom stereocenters. The summed E-state index contributed by atoms with van der Waals surface area (Å²) in [7, 11) is 0. The van der Waals surface area contributed by atoms with Crippen LogP contribution in [0.25, 0.3) is 10.9 Å². The third kappa shape index (κ3) is 2.38. The maximum Gasteiger partial charge on any atom is 0.152 e. The Hall–Kier alpha value is -1.61. The van der Waals surface area contributed by atoms with Crippen LogP contribution in [0.2, 0.25) is 0 Å². The molecule has 0 aliphatic carbocycles. The van der Waals surface area contributed by atoms with Gasteiger partial charge in [-0.05, 0) is 24.5 Å². The summed E-state index contributed by atoms with van der Waals surface area (Å²) in [6, 6.07) is 6.45. The summed E-state index contributed by atoms with van der Waals surface area (Å²) in [5, 5.41) is 1.23. The van der Waals surface area contributed by atoms with Crippen LogP contribution in [0.15, 0.2) is 24.4 Å². The van der Waals surface area contributed by atoms with E-state index in [-0.39, 0.29) is 0 Å². The van der Waals surface area contributed by atoms with Crippen molar-refractivity contribution in [3.63, 3.8) is 0 Å². The van der Waals surface area contributed by atoms with Crippen LogP contribution in [0.4, 0.5) is 0 Å². The van der Waals surface area contributed by atoms with E-state index in [1.807, 2.05) is 12.3 Å². The summed E-state index contributed by atoms with van der Waals surface area (Å²) in [5.41, 5.74) is 3.68. The Morgan fingerprint density at radius 2 is 2.25 bits per heavy atom. The Bertz CT molecular complexity index is 609. The summed E-state index contributed by atoms with van der Waals surface area (Å²) in [5.74, 6) is 0.991. The van der Waals surface area contributed by atoms with E-state index in [0.717, 1.165) is 30.8 Å². The molecule has 0 saturated carbocycles. The highest BCUT2D eigenvalue weighted by Gasteiger charge is 2.21. The summed E-state index contributed by atoms with van der Waals surface area (Å²) in [4.78, 5) is 6.92. The molecular weight excluding hydrogens is 248 g/mol. The van der Waals surface area contributed by atoms with Gasteiger partial charge in [-0.1, -0.05) is 32.4 Å². The molecule has 3 rings (SSSR count). The van der Waals surface area contributed by atoms with Crippen LogP contribution in [0.5, 0.6) is 5.75 Å².